The van der Waals surface area contributed by atoms with Crippen LogP contribution in [0.15, 0.2) is 0 Å². The van der Waals surface area contributed by atoms with Gasteiger partial charge in [-0.2, -0.15) is 0 Å². The molecule has 0 aromatic rings. The third-order valence-electron chi connectivity index (χ3n) is 1.71. The van der Waals surface area contributed by atoms with Crippen LogP contribution in [0.2, 0.25) is 0 Å². The van der Waals surface area contributed by atoms with Crippen LogP contribution in [0.25, 0.3) is 0 Å². The van der Waals surface area contributed by atoms with Crippen LogP contribution < -0.4 is 10.8 Å². The fourth-order valence-electron chi connectivity index (χ4n) is 0.986. The van der Waals surface area contributed by atoms with Crippen LogP contribution in [0.1, 0.15) is 19.3 Å². The maximum atomic E-state index is 10.5. The van der Waals surface area contributed by atoms with Crippen LogP contribution in [-0.4, -0.2) is 40.2 Å². The minimum atomic E-state index is -3.86. The number of carbonyl (C=O) groups excluding carboxylic acids is 1. The standard InChI is InChI=1S/C7H17N2O5P/c10-7(9-11)6-8-4-2-1-3-5-15(12,13)14/h8,11H,1-6H2,(H,9,10)(H2,12,13,14). The molecule has 90 valence electrons. The first kappa shape index (κ1) is 14.5. The third-order valence-corrected chi connectivity index (χ3v) is 2.61. The molecule has 0 radical (unpaired) electrons. The van der Waals surface area contributed by atoms with Gasteiger partial charge in [-0.05, 0) is 19.4 Å². The molecule has 0 fully saturated rings. The van der Waals surface area contributed by atoms with Crippen molar-refractivity contribution in [3.05, 3.63) is 0 Å². The van der Waals surface area contributed by atoms with E-state index in [2.05, 4.69) is 5.32 Å². The third kappa shape index (κ3) is 11.5. The van der Waals surface area contributed by atoms with Gasteiger partial charge in [0, 0.05) is 6.16 Å². The Morgan fingerprint density at radius 2 is 1.87 bits per heavy atom. The Hall–Kier alpha value is -0.460. The number of hydrogen-bond donors (Lipinski definition) is 5. The summed E-state index contributed by atoms with van der Waals surface area (Å²) < 4.78 is 10.4. The van der Waals surface area contributed by atoms with Gasteiger partial charge < -0.3 is 15.1 Å². The first-order valence-electron chi connectivity index (χ1n) is 4.64. The number of carbonyl (C=O) groups is 1. The van der Waals surface area contributed by atoms with Gasteiger partial charge in [0.15, 0.2) is 0 Å². The van der Waals surface area contributed by atoms with Crippen molar-refractivity contribution >= 4 is 13.5 Å². The number of nitrogens with one attached hydrogen (secondary N) is 2. The van der Waals surface area contributed by atoms with E-state index in [1.807, 2.05) is 0 Å². The molecule has 5 N–H and O–H groups in total. The molecule has 0 spiro atoms. The van der Waals surface area contributed by atoms with Crippen LogP contribution in [-0.2, 0) is 9.36 Å². The highest BCUT2D eigenvalue weighted by Crippen LogP contribution is 2.35. The van der Waals surface area contributed by atoms with Crippen LogP contribution in [0.4, 0.5) is 0 Å². The molecule has 0 saturated carbocycles. The fraction of sp³-hybridized carbons (Fsp3) is 0.857. The van der Waals surface area contributed by atoms with Crippen molar-refractivity contribution in [3.63, 3.8) is 0 Å². The zero-order chi connectivity index (χ0) is 11.7. The second kappa shape index (κ2) is 7.78. The largest absolute Gasteiger partial charge is 0.325 e. The van der Waals surface area contributed by atoms with E-state index in [9.17, 15) is 9.36 Å². The van der Waals surface area contributed by atoms with Crippen molar-refractivity contribution in [1.82, 2.24) is 10.8 Å². The molecule has 0 aromatic carbocycles. The quantitative estimate of drug-likeness (QED) is 0.168. The molecule has 0 aliphatic rings. The van der Waals surface area contributed by atoms with Crippen LogP contribution >= 0.6 is 7.60 Å². The monoisotopic (exact) mass is 240 g/mol. The fourth-order valence-corrected chi connectivity index (χ4v) is 1.62. The number of amides is 1. The second-order valence-electron chi connectivity index (χ2n) is 3.16. The maximum Gasteiger partial charge on any atom is 0.325 e. The molecule has 15 heavy (non-hydrogen) atoms. The molecule has 0 aliphatic heterocycles. The Morgan fingerprint density at radius 3 is 2.40 bits per heavy atom. The highest BCUT2D eigenvalue weighted by Gasteiger charge is 2.10. The molecule has 7 nitrogen and oxygen atoms in total. The molecule has 0 aromatic heterocycles. The SMILES string of the molecule is O=C(CNCCCCCP(=O)(O)O)NO. The van der Waals surface area contributed by atoms with Crippen molar-refractivity contribution in [2.24, 2.45) is 0 Å². The van der Waals surface area contributed by atoms with E-state index in [-0.39, 0.29) is 12.7 Å². The van der Waals surface area contributed by atoms with E-state index >= 15 is 0 Å². The Balaban J connectivity index is 3.19. The van der Waals surface area contributed by atoms with E-state index in [4.69, 9.17) is 15.0 Å². The van der Waals surface area contributed by atoms with E-state index in [0.29, 0.717) is 19.4 Å². The number of hydroxylamine groups is 1. The lowest BCUT2D eigenvalue weighted by atomic mass is 10.2. The first-order valence-corrected chi connectivity index (χ1v) is 6.43. The molecule has 0 atom stereocenters. The molecule has 0 aliphatic carbocycles. The maximum absolute atomic E-state index is 10.5. The Kier molecular flexibility index (Phi) is 7.54. The van der Waals surface area contributed by atoms with Gasteiger partial charge >= 0.3 is 7.60 Å². The zero-order valence-electron chi connectivity index (χ0n) is 8.35. The lowest BCUT2D eigenvalue weighted by molar-refractivity contribution is -0.128. The highest BCUT2D eigenvalue weighted by atomic mass is 31.2. The predicted molar refractivity (Wildman–Crippen MR) is 53.6 cm³/mol. The van der Waals surface area contributed by atoms with Crippen LogP contribution in [0, 0.1) is 0 Å². The summed E-state index contributed by atoms with van der Waals surface area (Å²) in [7, 11) is -3.86. The van der Waals surface area contributed by atoms with Gasteiger partial charge in [-0.25, -0.2) is 5.48 Å². The Bertz CT molecular complexity index is 229. The summed E-state index contributed by atoms with van der Waals surface area (Å²) in [4.78, 5) is 27.6. The van der Waals surface area contributed by atoms with Gasteiger partial charge in [-0.1, -0.05) is 6.42 Å². The van der Waals surface area contributed by atoms with E-state index in [1.165, 1.54) is 5.48 Å². The summed E-state index contributed by atoms with van der Waals surface area (Å²) in [6, 6.07) is 0. The van der Waals surface area contributed by atoms with Gasteiger partial charge in [-0.15, -0.1) is 0 Å². The molecule has 0 saturated heterocycles. The van der Waals surface area contributed by atoms with E-state index < -0.39 is 13.5 Å². The minimum absolute atomic E-state index is 0.0367. The van der Waals surface area contributed by atoms with Crippen molar-refractivity contribution in [3.8, 4) is 0 Å². The molecule has 0 heterocycles. The second-order valence-corrected chi connectivity index (χ2v) is 4.94. The summed E-state index contributed by atoms with van der Waals surface area (Å²) in [5.74, 6) is -0.509. The van der Waals surface area contributed by atoms with Crippen molar-refractivity contribution < 1.29 is 24.4 Å². The normalized spacial score (nSPS) is 11.4. The number of hydrogen-bond acceptors (Lipinski definition) is 4. The lowest BCUT2D eigenvalue weighted by Gasteiger charge is -2.04. The average molecular weight is 240 g/mol. The number of rotatable bonds is 8. The lowest BCUT2D eigenvalue weighted by Crippen LogP contribution is -2.32. The summed E-state index contributed by atoms with van der Waals surface area (Å²) in [6.07, 6.45) is 1.81. The molecule has 0 bridgehead atoms. The molecule has 1 amide bonds. The molecule has 0 unspecified atom stereocenters. The molecular formula is C7H17N2O5P. The average Bonchev–Trinajstić information content (AvgIpc) is 2.14. The number of unbranched alkanes of at least 4 members (excludes halogenated alkanes) is 2. The van der Waals surface area contributed by atoms with E-state index in [1.54, 1.807) is 0 Å². The summed E-state index contributed by atoms with van der Waals surface area (Å²) in [6.45, 7) is 0.615. The summed E-state index contributed by atoms with van der Waals surface area (Å²) >= 11 is 0. The van der Waals surface area contributed by atoms with Gasteiger partial charge in [0.05, 0.1) is 6.54 Å². The van der Waals surface area contributed by atoms with Crippen molar-refractivity contribution in [2.45, 2.75) is 19.3 Å². The molecule has 8 heteroatoms. The minimum Gasteiger partial charge on any atom is -0.324 e. The smallest absolute Gasteiger partial charge is 0.324 e. The molecule has 0 rings (SSSR count). The molecular weight excluding hydrogens is 223 g/mol. The summed E-state index contributed by atoms with van der Waals surface area (Å²) in [5.41, 5.74) is 1.48. The summed E-state index contributed by atoms with van der Waals surface area (Å²) in [5, 5.41) is 10.9. The topological polar surface area (TPSA) is 119 Å². The van der Waals surface area contributed by atoms with Crippen LogP contribution in [0.5, 0.6) is 0 Å². The van der Waals surface area contributed by atoms with Gasteiger partial charge in [0.1, 0.15) is 0 Å². The predicted octanol–water partition coefficient (Wildman–Crippen LogP) is -0.571. The van der Waals surface area contributed by atoms with Gasteiger partial charge in [-0.3, -0.25) is 14.6 Å². The highest BCUT2D eigenvalue weighted by molar-refractivity contribution is 7.51. The van der Waals surface area contributed by atoms with E-state index in [0.717, 1.165) is 6.42 Å². The van der Waals surface area contributed by atoms with Gasteiger partial charge in [0.25, 0.3) is 5.91 Å². The Labute approximate surface area is 88.0 Å². The van der Waals surface area contributed by atoms with Crippen LogP contribution in [0.3, 0.4) is 0 Å². The Morgan fingerprint density at radius 1 is 1.20 bits per heavy atom. The van der Waals surface area contributed by atoms with Crippen molar-refractivity contribution in [2.75, 3.05) is 19.3 Å². The van der Waals surface area contributed by atoms with Gasteiger partial charge in [0.2, 0.25) is 0 Å². The first-order chi connectivity index (χ1) is 6.95. The van der Waals surface area contributed by atoms with Crippen molar-refractivity contribution in [1.29, 1.82) is 0 Å². The zero-order valence-corrected chi connectivity index (χ0v) is 9.24.